The fraction of sp³-hybridized carbons (Fsp3) is 0.667. The first-order chi connectivity index (χ1) is 8.66. The lowest BCUT2D eigenvalue weighted by atomic mass is 10.2. The van der Waals surface area contributed by atoms with Crippen LogP contribution in [0, 0.1) is 6.92 Å². The van der Waals surface area contributed by atoms with Gasteiger partial charge in [-0.25, -0.2) is 4.98 Å². The van der Waals surface area contributed by atoms with Crippen LogP contribution in [0.15, 0.2) is 5.51 Å². The summed E-state index contributed by atoms with van der Waals surface area (Å²) in [4.78, 5) is 19.1. The smallest absolute Gasteiger partial charge is 0.225 e. The van der Waals surface area contributed by atoms with E-state index in [0.717, 1.165) is 23.7 Å². The molecule has 1 aromatic heterocycles. The number of nitrogens with zero attached hydrogens (tertiary/aromatic N) is 2. The first kappa shape index (κ1) is 19.6. The maximum atomic E-state index is 12.1. The van der Waals surface area contributed by atoms with Crippen LogP contribution in [0.25, 0.3) is 0 Å². The lowest BCUT2D eigenvalue weighted by Gasteiger charge is -2.25. The summed E-state index contributed by atoms with van der Waals surface area (Å²) in [6.07, 6.45) is 0.456. The predicted molar refractivity (Wildman–Crippen MR) is 85.0 cm³/mol. The third kappa shape index (κ3) is 5.54. The Morgan fingerprint density at radius 2 is 2.35 bits per heavy atom. The molecular formula is C12H21Cl2N3O2S. The minimum Gasteiger partial charge on any atom is -0.375 e. The molecule has 1 aliphatic heterocycles. The number of hydrogen-bond acceptors (Lipinski definition) is 5. The van der Waals surface area contributed by atoms with E-state index in [2.05, 4.69) is 10.3 Å². The molecule has 0 spiro atoms. The molecule has 1 atom stereocenters. The summed E-state index contributed by atoms with van der Waals surface area (Å²) in [5, 5.41) is 3.23. The van der Waals surface area contributed by atoms with Crippen molar-refractivity contribution < 1.29 is 9.53 Å². The highest BCUT2D eigenvalue weighted by Gasteiger charge is 2.20. The number of carbonyl (C=O) groups excluding carboxylic acids is 1. The van der Waals surface area contributed by atoms with Crippen molar-refractivity contribution in [1.29, 1.82) is 0 Å². The van der Waals surface area contributed by atoms with Crippen LogP contribution in [0.2, 0.25) is 0 Å². The Hall–Kier alpha value is -0.400. The second kappa shape index (κ2) is 9.52. The minimum atomic E-state index is 0. The topological polar surface area (TPSA) is 54.5 Å². The third-order valence-corrected chi connectivity index (χ3v) is 3.98. The lowest BCUT2D eigenvalue weighted by molar-refractivity contribution is -0.133. The van der Waals surface area contributed by atoms with Gasteiger partial charge in [0.2, 0.25) is 5.91 Å². The maximum absolute atomic E-state index is 12.1. The van der Waals surface area contributed by atoms with Gasteiger partial charge in [-0.15, -0.1) is 36.2 Å². The van der Waals surface area contributed by atoms with Crippen LogP contribution in [0.1, 0.15) is 17.0 Å². The predicted octanol–water partition coefficient (Wildman–Crippen LogP) is 1.63. The molecule has 1 fully saturated rings. The molecule has 0 radical (unpaired) electrons. The van der Waals surface area contributed by atoms with Crippen molar-refractivity contribution in [3.8, 4) is 0 Å². The summed E-state index contributed by atoms with van der Waals surface area (Å²) in [7, 11) is 1.83. The van der Waals surface area contributed by atoms with Crippen LogP contribution < -0.4 is 5.32 Å². The quantitative estimate of drug-likeness (QED) is 0.904. The normalized spacial score (nSPS) is 17.8. The van der Waals surface area contributed by atoms with E-state index in [1.165, 1.54) is 0 Å². The summed E-state index contributed by atoms with van der Waals surface area (Å²) >= 11 is 1.59. The van der Waals surface area contributed by atoms with Gasteiger partial charge in [0, 0.05) is 25.0 Å². The monoisotopic (exact) mass is 341 g/mol. The van der Waals surface area contributed by atoms with Crippen LogP contribution in [0.4, 0.5) is 0 Å². The molecule has 0 saturated carbocycles. The number of nitrogens with one attached hydrogen (secondary N) is 1. The van der Waals surface area contributed by atoms with E-state index < -0.39 is 0 Å². The van der Waals surface area contributed by atoms with Gasteiger partial charge in [-0.3, -0.25) is 4.79 Å². The van der Waals surface area contributed by atoms with Gasteiger partial charge in [0.25, 0.3) is 0 Å². The van der Waals surface area contributed by atoms with E-state index in [4.69, 9.17) is 4.74 Å². The Morgan fingerprint density at radius 1 is 1.60 bits per heavy atom. The van der Waals surface area contributed by atoms with E-state index in [-0.39, 0.29) is 36.8 Å². The van der Waals surface area contributed by atoms with Gasteiger partial charge in [0.15, 0.2) is 0 Å². The molecule has 1 unspecified atom stereocenters. The number of halogens is 2. The zero-order valence-corrected chi connectivity index (χ0v) is 14.1. The Labute approximate surface area is 135 Å². The molecule has 20 heavy (non-hydrogen) atoms. The van der Waals surface area contributed by atoms with Crippen molar-refractivity contribution in [3.05, 3.63) is 16.1 Å². The van der Waals surface area contributed by atoms with Crippen LogP contribution in [0.3, 0.4) is 0 Å². The molecule has 1 amide bonds. The van der Waals surface area contributed by atoms with Gasteiger partial charge in [0.05, 0.1) is 36.9 Å². The van der Waals surface area contributed by atoms with Crippen LogP contribution >= 0.6 is 36.2 Å². The number of hydrogen-bond donors (Lipinski definition) is 1. The van der Waals surface area contributed by atoms with Crippen molar-refractivity contribution in [1.82, 2.24) is 15.2 Å². The number of rotatable bonds is 4. The minimum absolute atomic E-state index is 0. The van der Waals surface area contributed by atoms with Gasteiger partial charge >= 0.3 is 0 Å². The number of morpholine rings is 1. The van der Waals surface area contributed by atoms with Gasteiger partial charge < -0.3 is 15.0 Å². The van der Waals surface area contributed by atoms with Crippen LogP contribution in [0.5, 0.6) is 0 Å². The molecule has 116 valence electrons. The number of thiazole rings is 1. The van der Waals surface area contributed by atoms with Crippen LogP contribution in [-0.2, 0) is 16.1 Å². The van der Waals surface area contributed by atoms with Crippen molar-refractivity contribution in [2.45, 2.75) is 26.0 Å². The number of carbonyl (C=O) groups is 1. The number of amides is 1. The number of aryl methyl sites for hydroxylation is 1. The largest absolute Gasteiger partial charge is 0.375 e. The van der Waals surface area contributed by atoms with Gasteiger partial charge in [-0.1, -0.05) is 0 Å². The zero-order valence-electron chi connectivity index (χ0n) is 11.6. The Kier molecular flexibility index (Phi) is 9.33. The fourth-order valence-electron chi connectivity index (χ4n) is 1.88. The van der Waals surface area contributed by atoms with Crippen molar-refractivity contribution in [3.63, 3.8) is 0 Å². The molecule has 0 aromatic carbocycles. The molecule has 1 N–H and O–H groups in total. The van der Waals surface area contributed by atoms with Crippen LogP contribution in [-0.4, -0.2) is 48.6 Å². The lowest BCUT2D eigenvalue weighted by Crippen LogP contribution is -2.41. The molecule has 1 aromatic rings. The Bertz CT molecular complexity index is 411. The molecule has 1 aliphatic rings. The molecule has 0 aliphatic carbocycles. The molecule has 0 bridgehead atoms. The van der Waals surface area contributed by atoms with E-state index >= 15 is 0 Å². The van der Waals surface area contributed by atoms with Crippen molar-refractivity contribution in [2.24, 2.45) is 0 Å². The average Bonchev–Trinajstić information content (AvgIpc) is 2.76. The Morgan fingerprint density at radius 3 is 2.90 bits per heavy atom. The summed E-state index contributed by atoms with van der Waals surface area (Å²) in [6, 6.07) is 0. The first-order valence-electron chi connectivity index (χ1n) is 6.12. The second-order valence-electron chi connectivity index (χ2n) is 4.51. The van der Waals surface area contributed by atoms with Gasteiger partial charge in [0.1, 0.15) is 0 Å². The number of aromatic nitrogens is 1. The highest BCUT2D eigenvalue weighted by Crippen LogP contribution is 2.15. The van der Waals surface area contributed by atoms with E-state index in [9.17, 15) is 4.79 Å². The highest BCUT2D eigenvalue weighted by atomic mass is 35.5. The summed E-state index contributed by atoms with van der Waals surface area (Å²) in [6.45, 7) is 4.93. The summed E-state index contributed by atoms with van der Waals surface area (Å²) in [5.74, 6) is 0.122. The third-order valence-electron chi connectivity index (χ3n) is 3.06. The molecule has 5 nitrogen and oxygen atoms in total. The summed E-state index contributed by atoms with van der Waals surface area (Å²) in [5.41, 5.74) is 2.83. The first-order valence-corrected chi connectivity index (χ1v) is 7.00. The Balaban J connectivity index is 0.00000180. The molecule has 2 heterocycles. The average molecular weight is 342 g/mol. The molecular weight excluding hydrogens is 321 g/mol. The summed E-state index contributed by atoms with van der Waals surface area (Å²) < 4.78 is 5.54. The van der Waals surface area contributed by atoms with Crippen molar-refractivity contribution >= 4 is 42.1 Å². The fourth-order valence-corrected chi connectivity index (χ4v) is 2.71. The maximum Gasteiger partial charge on any atom is 0.225 e. The molecule has 2 rings (SSSR count). The number of ether oxygens (including phenoxy) is 1. The van der Waals surface area contributed by atoms with Crippen molar-refractivity contribution in [2.75, 3.05) is 26.7 Å². The van der Waals surface area contributed by atoms with Gasteiger partial charge in [-0.2, -0.15) is 0 Å². The zero-order chi connectivity index (χ0) is 13.0. The van der Waals surface area contributed by atoms with E-state index in [1.807, 2.05) is 19.5 Å². The van der Waals surface area contributed by atoms with E-state index in [0.29, 0.717) is 19.6 Å². The second-order valence-corrected chi connectivity index (χ2v) is 5.45. The van der Waals surface area contributed by atoms with Gasteiger partial charge in [-0.05, 0) is 6.92 Å². The molecule has 1 saturated heterocycles. The van der Waals surface area contributed by atoms with E-state index in [1.54, 1.807) is 16.2 Å². The highest BCUT2D eigenvalue weighted by molar-refractivity contribution is 7.09. The SMILES string of the molecule is Cc1ncsc1CN(C)C(=O)CC1CNCCO1.Cl.Cl. The molecule has 8 heteroatoms. The standard InChI is InChI=1S/C12H19N3O2S.2ClH/c1-9-11(18-8-14-9)7-15(2)12(16)5-10-6-13-3-4-17-10;;/h8,10,13H,3-7H2,1-2H3;2*1H.